The molecule has 0 aliphatic heterocycles. The van der Waals surface area contributed by atoms with Crippen molar-refractivity contribution >= 4 is 22.6 Å². The van der Waals surface area contributed by atoms with Crippen LogP contribution in [-0.2, 0) is 42.6 Å². The van der Waals surface area contributed by atoms with Gasteiger partial charge in [0.05, 0.1) is 106 Å². The molecule has 0 aliphatic carbocycles. The number of alkyl halides is 1. The summed E-state index contributed by atoms with van der Waals surface area (Å²) >= 11 is 2.42. The maximum Gasteiger partial charge on any atom is 0.0701 e. The number of hydrogen-bond acceptors (Lipinski definition) is 9. The fraction of sp³-hybridized carbons (Fsp3) is 1.00. The van der Waals surface area contributed by atoms with E-state index in [2.05, 4.69) is 29.5 Å². The topological polar surface area (TPSA) is 83.1 Å². The summed E-state index contributed by atoms with van der Waals surface area (Å²) in [6.45, 7) is 13.2. The molecule has 0 amide bonds. The summed E-state index contributed by atoms with van der Waals surface area (Å²) in [6.07, 6.45) is 15.6. The summed E-state index contributed by atoms with van der Waals surface area (Å²) in [6, 6.07) is 0. The van der Waals surface area contributed by atoms with Crippen LogP contribution in [0.5, 0.6) is 0 Å². The number of ether oxygens (including phenoxy) is 9. The smallest absolute Gasteiger partial charge is 0.0701 e. The summed E-state index contributed by atoms with van der Waals surface area (Å²) in [5, 5.41) is 0. The maximum absolute atomic E-state index is 5.62. The summed E-state index contributed by atoms with van der Waals surface area (Å²) in [5.74, 6) is 0. The zero-order valence-corrected chi connectivity index (χ0v) is 29.1. The van der Waals surface area contributed by atoms with Gasteiger partial charge in [-0.1, -0.05) is 87.3 Å². The minimum Gasteiger partial charge on any atom is -0.379 e. The van der Waals surface area contributed by atoms with Gasteiger partial charge in [-0.05, 0) is 23.7 Å². The minimum absolute atomic E-state index is 0.543. The lowest BCUT2D eigenvalue weighted by Gasteiger charge is -2.09. The molecule has 0 atom stereocenters. The zero-order chi connectivity index (χ0) is 30.3. The van der Waals surface area contributed by atoms with Crippen molar-refractivity contribution in [1.29, 1.82) is 0 Å². The van der Waals surface area contributed by atoms with E-state index < -0.39 is 0 Å². The first-order valence-electron chi connectivity index (χ1n) is 16.7. The average Bonchev–Trinajstić information content (AvgIpc) is 3.00. The Morgan fingerprint density at radius 1 is 0.262 bits per heavy atom. The van der Waals surface area contributed by atoms with Gasteiger partial charge >= 0.3 is 0 Å². The largest absolute Gasteiger partial charge is 0.379 e. The monoisotopic (exact) mass is 720 g/mol. The molecule has 10 heteroatoms. The van der Waals surface area contributed by atoms with Gasteiger partial charge in [0, 0.05) is 13.2 Å². The Balaban J connectivity index is 3.02. The van der Waals surface area contributed by atoms with Crippen molar-refractivity contribution in [3.05, 3.63) is 0 Å². The molecule has 0 aromatic heterocycles. The van der Waals surface area contributed by atoms with Crippen molar-refractivity contribution < 1.29 is 42.6 Å². The van der Waals surface area contributed by atoms with Crippen molar-refractivity contribution in [3.8, 4) is 0 Å². The third-order valence-corrected chi connectivity index (χ3v) is 7.05. The van der Waals surface area contributed by atoms with E-state index in [0.717, 1.165) is 26.1 Å². The Morgan fingerprint density at radius 2 is 0.476 bits per heavy atom. The van der Waals surface area contributed by atoms with Gasteiger partial charge in [-0.3, -0.25) is 0 Å². The molecular formula is C32H65IO9. The van der Waals surface area contributed by atoms with Gasteiger partial charge in [0.1, 0.15) is 0 Å². The molecule has 0 aromatic carbocycles. The van der Waals surface area contributed by atoms with Gasteiger partial charge in [0.15, 0.2) is 0 Å². The van der Waals surface area contributed by atoms with Crippen LogP contribution in [0.15, 0.2) is 0 Å². The molecule has 0 saturated carbocycles. The van der Waals surface area contributed by atoms with Crippen LogP contribution in [-0.4, -0.2) is 123 Å². The normalized spacial score (nSPS) is 11.6. The van der Waals surface area contributed by atoms with Crippen LogP contribution in [0.25, 0.3) is 0 Å². The van der Waals surface area contributed by atoms with E-state index in [1.807, 2.05) is 0 Å². The lowest BCUT2D eigenvalue weighted by Crippen LogP contribution is -2.15. The molecule has 9 nitrogen and oxygen atoms in total. The summed E-state index contributed by atoms with van der Waals surface area (Å²) in [5.41, 5.74) is 0. The highest BCUT2D eigenvalue weighted by atomic mass is 127. The molecule has 0 saturated heterocycles. The highest BCUT2D eigenvalue weighted by Crippen LogP contribution is 2.08. The van der Waals surface area contributed by atoms with Crippen LogP contribution in [0.1, 0.15) is 84.0 Å². The van der Waals surface area contributed by atoms with Crippen LogP contribution in [0, 0.1) is 0 Å². The van der Waals surface area contributed by atoms with E-state index in [1.54, 1.807) is 0 Å². The van der Waals surface area contributed by atoms with Crippen LogP contribution in [0.3, 0.4) is 0 Å². The van der Waals surface area contributed by atoms with Crippen molar-refractivity contribution in [2.24, 2.45) is 0 Å². The number of hydrogen-bond donors (Lipinski definition) is 0. The molecule has 254 valence electrons. The predicted octanol–water partition coefficient (Wildman–Crippen LogP) is 6.27. The number of halogens is 1. The highest BCUT2D eigenvalue weighted by molar-refractivity contribution is 14.1. The second-order valence-corrected chi connectivity index (χ2v) is 11.2. The van der Waals surface area contributed by atoms with Crippen LogP contribution < -0.4 is 0 Å². The second-order valence-electron chi connectivity index (χ2n) is 10.1. The Bertz CT molecular complexity index is 424. The van der Waals surface area contributed by atoms with Crippen LogP contribution >= 0.6 is 22.6 Å². The first-order chi connectivity index (χ1) is 20.9. The van der Waals surface area contributed by atoms with Gasteiger partial charge in [-0.2, -0.15) is 0 Å². The molecule has 0 unspecified atom stereocenters. The van der Waals surface area contributed by atoms with E-state index in [9.17, 15) is 0 Å². The molecule has 0 heterocycles. The molecule has 0 N–H and O–H groups in total. The molecule has 0 aromatic rings. The minimum atomic E-state index is 0.543. The third kappa shape index (κ3) is 40.4. The number of rotatable bonds is 39. The zero-order valence-electron chi connectivity index (χ0n) is 27.0. The Kier molecular flexibility index (Phi) is 41.7. The molecular weight excluding hydrogens is 655 g/mol. The van der Waals surface area contributed by atoms with Crippen molar-refractivity contribution in [2.75, 3.05) is 123 Å². The maximum atomic E-state index is 5.62. The molecule has 0 bridgehead atoms. The van der Waals surface area contributed by atoms with E-state index in [-0.39, 0.29) is 0 Å². The van der Waals surface area contributed by atoms with Gasteiger partial charge in [-0.25, -0.2) is 0 Å². The molecule has 0 rings (SSSR count). The molecule has 0 fully saturated rings. The second kappa shape index (κ2) is 41.4. The highest BCUT2D eigenvalue weighted by Gasteiger charge is 1.97. The fourth-order valence-corrected chi connectivity index (χ4v) is 4.39. The quantitative estimate of drug-likeness (QED) is 0.0415. The third-order valence-electron chi connectivity index (χ3n) is 6.29. The van der Waals surface area contributed by atoms with Gasteiger partial charge in [0.2, 0.25) is 0 Å². The predicted molar refractivity (Wildman–Crippen MR) is 177 cm³/mol. The van der Waals surface area contributed by atoms with Crippen molar-refractivity contribution in [2.45, 2.75) is 84.0 Å². The van der Waals surface area contributed by atoms with E-state index in [1.165, 1.54) is 68.6 Å². The standard InChI is InChI=1S/C32H65IO9/c1-2-3-4-5-6-7-9-12-15-34-17-19-36-21-23-38-25-27-40-29-31-42-32-30-41-28-26-39-24-22-37-20-18-35-16-13-10-8-11-14-33/h2-32H2,1H3. The van der Waals surface area contributed by atoms with Crippen LogP contribution in [0.2, 0.25) is 0 Å². The van der Waals surface area contributed by atoms with Gasteiger partial charge < -0.3 is 42.6 Å². The molecule has 0 radical (unpaired) electrons. The van der Waals surface area contributed by atoms with E-state index >= 15 is 0 Å². The van der Waals surface area contributed by atoms with E-state index in [0.29, 0.717) is 106 Å². The van der Waals surface area contributed by atoms with Crippen LogP contribution in [0.4, 0.5) is 0 Å². The van der Waals surface area contributed by atoms with Gasteiger partial charge in [-0.15, -0.1) is 0 Å². The molecule has 42 heavy (non-hydrogen) atoms. The summed E-state index contributed by atoms with van der Waals surface area (Å²) < 4.78 is 51.0. The summed E-state index contributed by atoms with van der Waals surface area (Å²) in [7, 11) is 0. The van der Waals surface area contributed by atoms with E-state index in [4.69, 9.17) is 42.6 Å². The lowest BCUT2D eigenvalue weighted by molar-refractivity contribution is -0.0250. The Labute approximate surface area is 271 Å². The lowest BCUT2D eigenvalue weighted by atomic mass is 10.1. The average molecular weight is 721 g/mol. The van der Waals surface area contributed by atoms with Gasteiger partial charge in [0.25, 0.3) is 0 Å². The Hall–Kier alpha value is 0.370. The first-order valence-corrected chi connectivity index (χ1v) is 18.2. The molecule has 0 spiro atoms. The summed E-state index contributed by atoms with van der Waals surface area (Å²) in [4.78, 5) is 0. The SMILES string of the molecule is CCCCCCCCCCOCCOCCOCCOCCOCCOCCOCCOCCOCCCCCCI. The molecule has 0 aliphatic rings. The fourth-order valence-electron chi connectivity index (χ4n) is 3.85. The van der Waals surface area contributed by atoms with Crippen molar-refractivity contribution in [3.63, 3.8) is 0 Å². The number of unbranched alkanes of at least 4 members (excludes halogenated alkanes) is 10. The first kappa shape index (κ1) is 42.4. The Morgan fingerprint density at radius 3 is 0.738 bits per heavy atom. The van der Waals surface area contributed by atoms with Crippen molar-refractivity contribution in [1.82, 2.24) is 0 Å².